The van der Waals surface area contributed by atoms with Gasteiger partial charge in [-0.25, -0.2) is 0 Å². The zero-order valence-electron chi connectivity index (χ0n) is 17.4. The lowest BCUT2D eigenvalue weighted by molar-refractivity contribution is 0.458. The number of aromatic hydroxyl groups is 2. The molecule has 0 saturated heterocycles. The van der Waals surface area contributed by atoms with Gasteiger partial charge in [-0.05, 0) is 72.2 Å². The van der Waals surface area contributed by atoms with Crippen LogP contribution in [-0.2, 0) is 19.3 Å². The molecule has 0 aromatic heterocycles. The maximum atomic E-state index is 10.8. The quantitative estimate of drug-likeness (QED) is 0.452. The molecular weight excluding hydrogens is 344 g/mol. The summed E-state index contributed by atoms with van der Waals surface area (Å²) >= 11 is 0. The van der Waals surface area contributed by atoms with Crippen molar-refractivity contribution in [2.45, 2.75) is 65.7 Å². The van der Waals surface area contributed by atoms with Crippen LogP contribution in [0.4, 0.5) is 0 Å². The molecule has 3 aromatic carbocycles. The van der Waals surface area contributed by atoms with Crippen LogP contribution in [0.5, 0.6) is 11.5 Å². The van der Waals surface area contributed by atoms with Crippen molar-refractivity contribution >= 4 is 10.8 Å². The summed E-state index contributed by atoms with van der Waals surface area (Å²) in [5.74, 6) is 0.870. The molecule has 0 radical (unpaired) electrons. The summed E-state index contributed by atoms with van der Waals surface area (Å²) in [5, 5.41) is 23.2. The molecule has 3 aromatic rings. The standard InChI is InChI=1S/C26H32O2/c1-4-6-10-20-15-19(16-21(26(20)28)11-7-5-2)17-22-14-18(3)25(27)24-13-9-8-12-23(22)24/h8-9,12-16,27-28H,4-7,10-11,17H2,1-3H3. The third kappa shape index (κ3) is 4.32. The first-order chi connectivity index (χ1) is 13.5. The highest BCUT2D eigenvalue weighted by Crippen LogP contribution is 2.34. The van der Waals surface area contributed by atoms with Gasteiger partial charge in [0.05, 0.1) is 0 Å². The molecule has 3 rings (SSSR count). The Morgan fingerprint density at radius 3 is 1.86 bits per heavy atom. The summed E-state index contributed by atoms with van der Waals surface area (Å²) in [6.45, 7) is 6.33. The van der Waals surface area contributed by atoms with Gasteiger partial charge in [0, 0.05) is 5.39 Å². The van der Waals surface area contributed by atoms with E-state index in [0.29, 0.717) is 11.5 Å². The second kappa shape index (κ2) is 9.14. The van der Waals surface area contributed by atoms with Crippen LogP contribution < -0.4 is 0 Å². The van der Waals surface area contributed by atoms with E-state index in [1.54, 1.807) is 0 Å². The van der Waals surface area contributed by atoms with E-state index in [2.05, 4.69) is 38.1 Å². The SMILES string of the molecule is CCCCc1cc(Cc2cc(C)c(O)c3ccccc23)cc(CCCC)c1O. The first kappa shape index (κ1) is 20.3. The van der Waals surface area contributed by atoms with E-state index < -0.39 is 0 Å². The molecule has 0 aliphatic rings. The highest BCUT2D eigenvalue weighted by molar-refractivity contribution is 5.92. The second-order valence-electron chi connectivity index (χ2n) is 7.89. The summed E-state index contributed by atoms with van der Waals surface area (Å²) in [4.78, 5) is 0. The third-order valence-electron chi connectivity index (χ3n) is 5.61. The Labute approximate surface area is 168 Å². The molecule has 0 saturated carbocycles. The molecule has 0 aliphatic heterocycles. The Bertz CT molecular complexity index is 927. The van der Waals surface area contributed by atoms with Crippen molar-refractivity contribution in [2.75, 3.05) is 0 Å². The second-order valence-corrected chi connectivity index (χ2v) is 7.89. The van der Waals surface area contributed by atoms with Gasteiger partial charge in [0.2, 0.25) is 0 Å². The average molecular weight is 377 g/mol. The highest BCUT2D eigenvalue weighted by atomic mass is 16.3. The van der Waals surface area contributed by atoms with E-state index in [9.17, 15) is 10.2 Å². The Morgan fingerprint density at radius 2 is 1.29 bits per heavy atom. The molecule has 28 heavy (non-hydrogen) atoms. The Hall–Kier alpha value is -2.48. The van der Waals surface area contributed by atoms with Crippen LogP contribution >= 0.6 is 0 Å². The molecule has 0 spiro atoms. The molecule has 2 N–H and O–H groups in total. The monoisotopic (exact) mass is 376 g/mol. The number of phenolic OH excluding ortho intramolecular Hbond substituents is 2. The van der Waals surface area contributed by atoms with Crippen molar-refractivity contribution < 1.29 is 10.2 Å². The minimum atomic E-state index is 0.373. The van der Waals surface area contributed by atoms with E-state index in [-0.39, 0.29) is 0 Å². The van der Waals surface area contributed by atoms with Crippen molar-refractivity contribution in [3.63, 3.8) is 0 Å². The van der Waals surface area contributed by atoms with Gasteiger partial charge in [0.1, 0.15) is 11.5 Å². The Kier molecular flexibility index (Phi) is 6.61. The zero-order valence-corrected chi connectivity index (χ0v) is 17.4. The van der Waals surface area contributed by atoms with Crippen LogP contribution in [0.1, 0.15) is 67.3 Å². The Balaban J connectivity index is 2.04. The zero-order chi connectivity index (χ0) is 20.1. The fraction of sp³-hybridized carbons (Fsp3) is 0.385. The molecule has 0 amide bonds. The van der Waals surface area contributed by atoms with Crippen LogP contribution in [0.15, 0.2) is 42.5 Å². The topological polar surface area (TPSA) is 40.5 Å². The molecule has 0 fully saturated rings. The first-order valence-corrected chi connectivity index (χ1v) is 10.6. The van der Waals surface area contributed by atoms with Crippen molar-refractivity contribution in [1.82, 2.24) is 0 Å². The summed E-state index contributed by atoms with van der Waals surface area (Å²) < 4.78 is 0. The summed E-state index contributed by atoms with van der Waals surface area (Å²) in [6.07, 6.45) is 7.07. The maximum absolute atomic E-state index is 10.8. The predicted octanol–water partition coefficient (Wildman–Crippen LogP) is 6.84. The van der Waals surface area contributed by atoms with Crippen molar-refractivity contribution in [3.05, 3.63) is 70.3 Å². The van der Waals surface area contributed by atoms with Gasteiger partial charge in [-0.2, -0.15) is 0 Å². The molecule has 0 heterocycles. The number of benzene rings is 3. The van der Waals surface area contributed by atoms with E-state index in [1.807, 2.05) is 25.1 Å². The smallest absolute Gasteiger partial charge is 0.126 e. The first-order valence-electron chi connectivity index (χ1n) is 10.6. The van der Waals surface area contributed by atoms with E-state index in [1.165, 1.54) is 11.1 Å². The van der Waals surface area contributed by atoms with Gasteiger partial charge in [-0.3, -0.25) is 0 Å². The molecule has 0 atom stereocenters. The van der Waals surface area contributed by atoms with Gasteiger partial charge in [0.15, 0.2) is 0 Å². The van der Waals surface area contributed by atoms with Gasteiger partial charge in [0.25, 0.3) is 0 Å². The van der Waals surface area contributed by atoms with Crippen LogP contribution in [0.3, 0.4) is 0 Å². The van der Waals surface area contributed by atoms with Crippen molar-refractivity contribution in [3.8, 4) is 11.5 Å². The van der Waals surface area contributed by atoms with E-state index in [4.69, 9.17) is 0 Å². The highest BCUT2D eigenvalue weighted by Gasteiger charge is 2.13. The average Bonchev–Trinajstić information content (AvgIpc) is 2.71. The normalized spacial score (nSPS) is 11.2. The minimum absolute atomic E-state index is 0.373. The molecule has 0 bridgehead atoms. The molecule has 148 valence electrons. The third-order valence-corrected chi connectivity index (χ3v) is 5.61. The number of fused-ring (bicyclic) bond motifs is 1. The van der Waals surface area contributed by atoms with E-state index in [0.717, 1.165) is 72.4 Å². The fourth-order valence-corrected chi connectivity index (χ4v) is 4.01. The lowest BCUT2D eigenvalue weighted by Gasteiger charge is -2.15. The van der Waals surface area contributed by atoms with Crippen LogP contribution in [0.25, 0.3) is 10.8 Å². The van der Waals surface area contributed by atoms with Crippen molar-refractivity contribution in [2.24, 2.45) is 0 Å². The van der Waals surface area contributed by atoms with Crippen molar-refractivity contribution in [1.29, 1.82) is 0 Å². The number of hydrogen-bond acceptors (Lipinski definition) is 2. The number of phenols is 2. The Morgan fingerprint density at radius 1 is 0.714 bits per heavy atom. The number of hydrogen-bond donors (Lipinski definition) is 2. The molecular formula is C26H32O2. The fourth-order valence-electron chi connectivity index (χ4n) is 4.01. The van der Waals surface area contributed by atoms with E-state index >= 15 is 0 Å². The largest absolute Gasteiger partial charge is 0.507 e. The summed E-state index contributed by atoms with van der Waals surface area (Å²) in [6, 6.07) is 14.5. The molecule has 0 unspecified atom stereocenters. The van der Waals surface area contributed by atoms with Crippen LogP contribution in [0.2, 0.25) is 0 Å². The maximum Gasteiger partial charge on any atom is 0.126 e. The number of unbranched alkanes of at least 4 members (excludes halogenated alkanes) is 2. The minimum Gasteiger partial charge on any atom is -0.507 e. The van der Waals surface area contributed by atoms with Gasteiger partial charge in [-0.15, -0.1) is 0 Å². The summed E-state index contributed by atoms with van der Waals surface area (Å²) in [5.41, 5.74) is 5.52. The van der Waals surface area contributed by atoms with Gasteiger partial charge in [-0.1, -0.05) is 69.2 Å². The van der Waals surface area contributed by atoms with Gasteiger partial charge >= 0.3 is 0 Å². The summed E-state index contributed by atoms with van der Waals surface area (Å²) in [7, 11) is 0. The van der Waals surface area contributed by atoms with Crippen LogP contribution in [0, 0.1) is 6.92 Å². The predicted molar refractivity (Wildman–Crippen MR) is 118 cm³/mol. The number of rotatable bonds is 8. The molecule has 2 heteroatoms. The lowest BCUT2D eigenvalue weighted by atomic mass is 9.91. The number of aryl methyl sites for hydroxylation is 3. The molecule has 2 nitrogen and oxygen atoms in total. The van der Waals surface area contributed by atoms with Crippen LogP contribution in [-0.4, -0.2) is 10.2 Å². The van der Waals surface area contributed by atoms with Gasteiger partial charge < -0.3 is 10.2 Å². The molecule has 0 aliphatic carbocycles. The lowest BCUT2D eigenvalue weighted by Crippen LogP contribution is -1.98.